The van der Waals surface area contributed by atoms with Gasteiger partial charge in [0.1, 0.15) is 0 Å². The minimum Gasteiger partial charge on any atom is -0.351 e. The molecule has 3 aromatic rings. The minimum atomic E-state index is -2.28. The summed E-state index contributed by atoms with van der Waals surface area (Å²) in [5.41, 5.74) is -0.702. The summed E-state index contributed by atoms with van der Waals surface area (Å²) in [6.45, 7) is 1.76. The maximum Gasteiger partial charge on any atom is 0.230 e. The number of benzene rings is 1. The van der Waals surface area contributed by atoms with E-state index in [9.17, 15) is 31.5 Å². The molecule has 158 valence electrons. The Morgan fingerprint density at radius 3 is 2.27 bits per heavy atom. The number of thiazole rings is 1. The zero-order valence-corrected chi connectivity index (χ0v) is 16.7. The van der Waals surface area contributed by atoms with Gasteiger partial charge in [-0.25, -0.2) is 26.9 Å². The van der Waals surface area contributed by atoms with Crippen molar-refractivity contribution >= 4 is 39.6 Å². The third kappa shape index (κ3) is 4.65. The van der Waals surface area contributed by atoms with Crippen LogP contribution in [0.1, 0.15) is 17.4 Å². The Hall–Kier alpha value is -2.86. The summed E-state index contributed by atoms with van der Waals surface area (Å²) >= 11 is 2.40. The highest BCUT2D eigenvalue weighted by atomic mass is 32.1. The van der Waals surface area contributed by atoms with Gasteiger partial charge < -0.3 is 10.6 Å². The predicted molar refractivity (Wildman–Crippen MR) is 102 cm³/mol. The third-order valence-electron chi connectivity index (χ3n) is 3.81. The number of halogens is 5. The van der Waals surface area contributed by atoms with Crippen molar-refractivity contribution < 1.29 is 31.5 Å². The molecule has 0 aliphatic rings. The number of nitrogens with one attached hydrogen (secondary N) is 2. The smallest absolute Gasteiger partial charge is 0.230 e. The predicted octanol–water partition coefficient (Wildman–Crippen LogP) is 4.38. The van der Waals surface area contributed by atoms with E-state index in [0.717, 1.165) is 21.1 Å². The largest absolute Gasteiger partial charge is 0.351 e. The minimum absolute atomic E-state index is 0.0932. The van der Waals surface area contributed by atoms with E-state index in [-0.39, 0.29) is 11.0 Å². The maximum absolute atomic E-state index is 13.7. The van der Waals surface area contributed by atoms with Crippen LogP contribution in [0.4, 0.5) is 27.1 Å². The lowest BCUT2D eigenvalue weighted by Gasteiger charge is -2.07. The zero-order chi connectivity index (χ0) is 22.0. The number of hydrogen-bond acceptors (Lipinski definition) is 5. The van der Waals surface area contributed by atoms with Gasteiger partial charge in [0.25, 0.3) is 0 Å². The molecule has 2 heterocycles. The SMILES string of the molecule is CC(=O)NCc1ccc(-c2csc(NC(=O)Cc3c(F)c(F)c(F)c(F)c3F)n2)s1. The summed E-state index contributed by atoms with van der Waals surface area (Å²) < 4.78 is 67.0. The lowest BCUT2D eigenvalue weighted by molar-refractivity contribution is -0.119. The number of aromatic nitrogens is 1. The number of carbonyl (C=O) groups is 2. The van der Waals surface area contributed by atoms with Crippen LogP contribution in [0.25, 0.3) is 10.6 Å². The van der Waals surface area contributed by atoms with Crippen LogP contribution in [0.15, 0.2) is 17.5 Å². The monoisotopic (exact) mass is 461 g/mol. The highest BCUT2D eigenvalue weighted by Crippen LogP contribution is 2.31. The summed E-state index contributed by atoms with van der Waals surface area (Å²) in [6.07, 6.45) is -1.05. The number of hydrogen-bond donors (Lipinski definition) is 2. The van der Waals surface area contributed by atoms with Crippen molar-refractivity contribution in [2.45, 2.75) is 19.9 Å². The van der Waals surface area contributed by atoms with Crippen LogP contribution in [0.2, 0.25) is 0 Å². The molecule has 2 N–H and O–H groups in total. The molecule has 0 aliphatic carbocycles. The number of anilines is 1. The van der Waals surface area contributed by atoms with Crippen molar-refractivity contribution in [3.8, 4) is 10.6 Å². The average Bonchev–Trinajstić information content (AvgIpc) is 3.36. The van der Waals surface area contributed by atoms with Crippen LogP contribution < -0.4 is 10.6 Å². The first-order valence-corrected chi connectivity index (χ1v) is 9.96. The van der Waals surface area contributed by atoms with Crippen molar-refractivity contribution in [2.75, 3.05) is 5.32 Å². The second kappa shape index (κ2) is 8.88. The molecule has 0 fully saturated rings. The molecule has 0 saturated carbocycles. The Balaban J connectivity index is 1.70. The second-order valence-electron chi connectivity index (χ2n) is 5.99. The molecule has 0 spiro atoms. The summed E-state index contributed by atoms with van der Waals surface area (Å²) in [5.74, 6) is -11.8. The number of thiophene rings is 1. The summed E-state index contributed by atoms with van der Waals surface area (Å²) in [4.78, 5) is 28.8. The van der Waals surface area contributed by atoms with Gasteiger partial charge in [0.15, 0.2) is 28.4 Å². The van der Waals surface area contributed by atoms with E-state index in [0.29, 0.717) is 12.2 Å². The molecule has 5 nitrogen and oxygen atoms in total. The maximum atomic E-state index is 13.7. The highest BCUT2D eigenvalue weighted by molar-refractivity contribution is 7.17. The van der Waals surface area contributed by atoms with E-state index in [1.54, 1.807) is 17.5 Å². The molecular formula is C18H12F5N3O2S2. The summed E-state index contributed by atoms with van der Waals surface area (Å²) in [5, 5.41) is 6.66. The van der Waals surface area contributed by atoms with Gasteiger partial charge >= 0.3 is 0 Å². The zero-order valence-electron chi connectivity index (χ0n) is 15.1. The Morgan fingerprint density at radius 2 is 1.63 bits per heavy atom. The van der Waals surface area contributed by atoms with Crippen LogP contribution in [-0.2, 0) is 22.6 Å². The van der Waals surface area contributed by atoms with E-state index in [2.05, 4.69) is 15.6 Å². The lowest BCUT2D eigenvalue weighted by Crippen LogP contribution is -2.18. The summed E-state index contributed by atoms with van der Waals surface area (Å²) in [7, 11) is 0. The van der Waals surface area contributed by atoms with Crippen LogP contribution in [-0.4, -0.2) is 16.8 Å². The second-order valence-corrected chi connectivity index (χ2v) is 8.01. The lowest BCUT2D eigenvalue weighted by atomic mass is 10.1. The molecule has 0 unspecified atom stereocenters. The molecule has 0 saturated heterocycles. The van der Waals surface area contributed by atoms with Crippen LogP contribution in [0, 0.1) is 29.1 Å². The van der Waals surface area contributed by atoms with Gasteiger partial charge in [-0.2, -0.15) is 0 Å². The van der Waals surface area contributed by atoms with Gasteiger partial charge in [0.2, 0.25) is 17.6 Å². The molecule has 2 aromatic heterocycles. The topological polar surface area (TPSA) is 71.1 Å². The molecule has 30 heavy (non-hydrogen) atoms. The molecule has 12 heteroatoms. The van der Waals surface area contributed by atoms with Crippen molar-refractivity contribution in [3.05, 3.63) is 57.0 Å². The van der Waals surface area contributed by atoms with Gasteiger partial charge in [0.05, 0.1) is 23.5 Å². The first kappa shape index (κ1) is 21.8. The molecular weight excluding hydrogens is 449 g/mol. The molecule has 2 amide bonds. The van der Waals surface area contributed by atoms with Crippen molar-refractivity contribution in [1.82, 2.24) is 10.3 Å². The number of rotatable bonds is 6. The van der Waals surface area contributed by atoms with E-state index in [4.69, 9.17) is 0 Å². The first-order valence-electron chi connectivity index (χ1n) is 8.26. The molecule has 0 bridgehead atoms. The van der Waals surface area contributed by atoms with Crippen molar-refractivity contribution in [2.24, 2.45) is 0 Å². The normalized spacial score (nSPS) is 10.9. The Bertz CT molecular complexity index is 1100. The van der Waals surface area contributed by atoms with E-state index < -0.39 is 47.0 Å². The molecule has 0 radical (unpaired) electrons. The number of carbonyl (C=O) groups excluding carboxylic acids is 2. The Labute approximate surface area is 174 Å². The van der Waals surface area contributed by atoms with Crippen LogP contribution in [0.5, 0.6) is 0 Å². The van der Waals surface area contributed by atoms with Crippen molar-refractivity contribution in [3.63, 3.8) is 0 Å². The number of nitrogens with zero attached hydrogens (tertiary/aromatic N) is 1. The van der Waals surface area contributed by atoms with E-state index >= 15 is 0 Å². The molecule has 1 aromatic carbocycles. The first-order chi connectivity index (χ1) is 14.2. The van der Waals surface area contributed by atoms with E-state index in [1.807, 2.05) is 0 Å². The number of amides is 2. The third-order valence-corrected chi connectivity index (χ3v) is 5.68. The van der Waals surface area contributed by atoms with Crippen molar-refractivity contribution in [1.29, 1.82) is 0 Å². The van der Waals surface area contributed by atoms with Crippen LogP contribution in [0.3, 0.4) is 0 Å². The fraction of sp³-hybridized carbons (Fsp3) is 0.167. The fourth-order valence-corrected chi connectivity index (χ4v) is 4.11. The van der Waals surface area contributed by atoms with Crippen LogP contribution >= 0.6 is 22.7 Å². The quantitative estimate of drug-likeness (QED) is 0.325. The average molecular weight is 461 g/mol. The fourth-order valence-electron chi connectivity index (χ4n) is 2.40. The Morgan fingerprint density at radius 1 is 1.00 bits per heavy atom. The van der Waals surface area contributed by atoms with Gasteiger partial charge in [-0.3, -0.25) is 9.59 Å². The molecule has 0 aliphatic heterocycles. The van der Waals surface area contributed by atoms with Gasteiger partial charge in [-0.1, -0.05) is 0 Å². The van der Waals surface area contributed by atoms with Gasteiger partial charge in [0, 0.05) is 22.7 Å². The van der Waals surface area contributed by atoms with Gasteiger partial charge in [-0.05, 0) is 12.1 Å². The molecule has 3 rings (SSSR count). The van der Waals surface area contributed by atoms with Gasteiger partial charge in [-0.15, -0.1) is 22.7 Å². The standard InChI is InChI=1S/C18H12F5N3O2S2/c1-7(27)24-5-8-2-3-11(30-8)10-6-29-18(25-10)26-12(28)4-9-13(19)15(21)17(23)16(22)14(9)20/h2-3,6H,4-5H2,1H3,(H,24,27)(H,25,26,28). The molecule has 0 atom stereocenters. The Kier molecular flexibility index (Phi) is 6.46. The highest BCUT2D eigenvalue weighted by Gasteiger charge is 2.27. The summed E-state index contributed by atoms with van der Waals surface area (Å²) in [6, 6.07) is 3.58. The van der Waals surface area contributed by atoms with E-state index in [1.165, 1.54) is 18.3 Å².